The van der Waals surface area contributed by atoms with Crippen LogP contribution in [0.25, 0.3) is 0 Å². The van der Waals surface area contributed by atoms with Gasteiger partial charge < -0.3 is 10.1 Å². The quantitative estimate of drug-likeness (QED) is 0.669. The first-order valence-corrected chi connectivity index (χ1v) is 5.92. The standard InChI is InChI=1S/C13H18N2O4/c1-9(12(16)14-13(2,3)4)19-11-7-5-6-10(8-11)15(17)18/h5-9H,1-4H3,(H,14,16)/t9-/m0/s1. The number of nitro groups is 1. The maximum Gasteiger partial charge on any atom is 0.273 e. The molecule has 1 aromatic rings. The van der Waals surface area contributed by atoms with Gasteiger partial charge in [0.05, 0.1) is 11.0 Å². The third-order valence-electron chi connectivity index (χ3n) is 2.21. The third-order valence-corrected chi connectivity index (χ3v) is 2.21. The van der Waals surface area contributed by atoms with Crippen LogP contribution in [0, 0.1) is 10.1 Å². The van der Waals surface area contributed by atoms with E-state index in [2.05, 4.69) is 5.32 Å². The van der Waals surface area contributed by atoms with Crippen molar-refractivity contribution in [1.29, 1.82) is 0 Å². The molecule has 0 fully saturated rings. The van der Waals surface area contributed by atoms with E-state index < -0.39 is 11.0 Å². The first kappa shape index (κ1) is 14.9. The lowest BCUT2D eigenvalue weighted by molar-refractivity contribution is -0.384. The van der Waals surface area contributed by atoms with Crippen LogP contribution in [0.5, 0.6) is 5.75 Å². The number of carbonyl (C=O) groups is 1. The fraction of sp³-hybridized carbons (Fsp3) is 0.462. The summed E-state index contributed by atoms with van der Waals surface area (Å²) in [5.41, 5.74) is -0.418. The predicted molar refractivity (Wildman–Crippen MR) is 71.1 cm³/mol. The molecule has 0 spiro atoms. The fourth-order valence-corrected chi connectivity index (χ4v) is 1.40. The SMILES string of the molecule is C[C@H](Oc1cccc([N+](=O)[O-])c1)C(=O)NC(C)(C)C. The minimum absolute atomic E-state index is 0.0686. The molecule has 0 heterocycles. The Kier molecular flexibility index (Phi) is 4.47. The van der Waals surface area contributed by atoms with Crippen LogP contribution in [0.15, 0.2) is 24.3 Å². The first-order chi connectivity index (χ1) is 8.69. The van der Waals surface area contributed by atoms with E-state index in [1.165, 1.54) is 18.2 Å². The van der Waals surface area contributed by atoms with E-state index in [9.17, 15) is 14.9 Å². The molecular weight excluding hydrogens is 248 g/mol. The summed E-state index contributed by atoms with van der Waals surface area (Å²) >= 11 is 0. The summed E-state index contributed by atoms with van der Waals surface area (Å²) in [5, 5.41) is 13.4. The van der Waals surface area contributed by atoms with Crippen LogP contribution >= 0.6 is 0 Å². The third kappa shape index (κ3) is 4.95. The average Bonchev–Trinajstić information content (AvgIpc) is 2.27. The molecular formula is C13H18N2O4. The number of carbonyl (C=O) groups excluding carboxylic acids is 1. The smallest absolute Gasteiger partial charge is 0.273 e. The number of benzene rings is 1. The molecule has 0 saturated carbocycles. The lowest BCUT2D eigenvalue weighted by Crippen LogP contribution is -2.46. The first-order valence-electron chi connectivity index (χ1n) is 5.92. The van der Waals surface area contributed by atoms with Crippen LogP contribution in [0.4, 0.5) is 5.69 Å². The van der Waals surface area contributed by atoms with E-state index >= 15 is 0 Å². The zero-order chi connectivity index (χ0) is 14.6. The highest BCUT2D eigenvalue weighted by molar-refractivity contribution is 5.81. The minimum Gasteiger partial charge on any atom is -0.481 e. The topological polar surface area (TPSA) is 81.5 Å². The zero-order valence-electron chi connectivity index (χ0n) is 11.5. The molecule has 0 unspecified atom stereocenters. The van der Waals surface area contributed by atoms with Crippen LogP contribution in [-0.2, 0) is 4.79 Å². The Balaban J connectivity index is 2.71. The van der Waals surface area contributed by atoms with Gasteiger partial charge in [-0.25, -0.2) is 0 Å². The van der Waals surface area contributed by atoms with Crippen molar-refractivity contribution in [3.05, 3.63) is 34.4 Å². The summed E-state index contributed by atoms with van der Waals surface area (Å²) in [6.45, 7) is 7.20. The summed E-state index contributed by atoms with van der Waals surface area (Å²) < 4.78 is 5.40. The minimum atomic E-state index is -0.721. The predicted octanol–water partition coefficient (Wildman–Crippen LogP) is 2.28. The van der Waals surface area contributed by atoms with Crippen LogP contribution in [-0.4, -0.2) is 22.5 Å². The van der Waals surface area contributed by atoms with Crippen LogP contribution in [0.2, 0.25) is 0 Å². The maximum atomic E-state index is 11.8. The summed E-state index contributed by atoms with van der Waals surface area (Å²) in [6, 6.07) is 5.75. The molecule has 1 rings (SSSR count). The lowest BCUT2D eigenvalue weighted by Gasteiger charge is -2.23. The summed E-state index contributed by atoms with van der Waals surface area (Å²) in [7, 11) is 0. The molecule has 0 saturated heterocycles. The van der Waals surface area contributed by atoms with E-state index in [-0.39, 0.29) is 17.1 Å². The Morgan fingerprint density at radius 1 is 1.42 bits per heavy atom. The fourth-order valence-electron chi connectivity index (χ4n) is 1.40. The number of nitrogens with one attached hydrogen (secondary N) is 1. The maximum absolute atomic E-state index is 11.8. The van der Waals surface area contributed by atoms with Gasteiger partial charge >= 0.3 is 0 Å². The molecule has 0 bridgehead atoms. The molecule has 1 amide bonds. The molecule has 104 valence electrons. The van der Waals surface area contributed by atoms with Crippen LogP contribution < -0.4 is 10.1 Å². The number of nitrogens with zero attached hydrogens (tertiary/aromatic N) is 1. The largest absolute Gasteiger partial charge is 0.481 e. The Bertz CT molecular complexity index is 480. The summed E-state index contributed by atoms with van der Waals surface area (Å²) in [4.78, 5) is 21.9. The summed E-state index contributed by atoms with van der Waals surface area (Å²) in [5.74, 6) is 0.0322. The molecule has 0 radical (unpaired) electrons. The van der Waals surface area contributed by atoms with Crippen molar-refractivity contribution in [2.45, 2.75) is 39.3 Å². The van der Waals surface area contributed by atoms with Crippen molar-refractivity contribution in [2.24, 2.45) is 0 Å². The molecule has 19 heavy (non-hydrogen) atoms. The zero-order valence-corrected chi connectivity index (χ0v) is 11.5. The Morgan fingerprint density at radius 3 is 2.58 bits per heavy atom. The van der Waals surface area contributed by atoms with Crippen LogP contribution in [0.3, 0.4) is 0 Å². The molecule has 1 atom stereocenters. The second-order valence-electron chi connectivity index (χ2n) is 5.25. The Hall–Kier alpha value is -2.11. The van der Waals surface area contributed by atoms with E-state index in [1.807, 2.05) is 20.8 Å². The number of amides is 1. The van der Waals surface area contributed by atoms with Gasteiger partial charge in [-0.2, -0.15) is 0 Å². The number of rotatable bonds is 4. The van der Waals surface area contributed by atoms with Gasteiger partial charge in [0, 0.05) is 11.6 Å². The molecule has 1 aromatic carbocycles. The molecule has 0 aromatic heterocycles. The van der Waals surface area contributed by atoms with E-state index in [4.69, 9.17) is 4.74 Å². The van der Waals surface area contributed by atoms with Crippen LogP contribution in [0.1, 0.15) is 27.7 Å². The highest BCUT2D eigenvalue weighted by atomic mass is 16.6. The van der Waals surface area contributed by atoms with E-state index in [0.717, 1.165) is 0 Å². The van der Waals surface area contributed by atoms with Gasteiger partial charge in [0.25, 0.3) is 11.6 Å². The van der Waals surface area contributed by atoms with E-state index in [1.54, 1.807) is 13.0 Å². The lowest BCUT2D eigenvalue weighted by atomic mass is 10.1. The number of non-ortho nitro benzene ring substituents is 1. The Morgan fingerprint density at radius 2 is 2.05 bits per heavy atom. The summed E-state index contributed by atoms with van der Waals surface area (Å²) in [6.07, 6.45) is -0.721. The molecule has 1 N–H and O–H groups in total. The number of hydrogen-bond donors (Lipinski definition) is 1. The highest BCUT2D eigenvalue weighted by Crippen LogP contribution is 2.20. The molecule has 6 nitrogen and oxygen atoms in total. The van der Waals surface area contributed by atoms with Gasteiger partial charge in [0.15, 0.2) is 6.10 Å². The second kappa shape index (κ2) is 5.69. The van der Waals surface area contributed by atoms with Crippen molar-refractivity contribution in [3.8, 4) is 5.75 Å². The van der Waals surface area contributed by atoms with Gasteiger partial charge in [-0.3, -0.25) is 14.9 Å². The molecule has 0 aliphatic heterocycles. The highest BCUT2D eigenvalue weighted by Gasteiger charge is 2.21. The van der Waals surface area contributed by atoms with Gasteiger partial charge in [-0.1, -0.05) is 6.07 Å². The number of nitro benzene ring substituents is 1. The normalized spacial score (nSPS) is 12.6. The molecule has 0 aliphatic carbocycles. The number of ether oxygens (including phenoxy) is 1. The van der Waals surface area contributed by atoms with Gasteiger partial charge in [-0.15, -0.1) is 0 Å². The second-order valence-corrected chi connectivity index (χ2v) is 5.25. The van der Waals surface area contributed by atoms with Crippen molar-refractivity contribution >= 4 is 11.6 Å². The molecule has 6 heteroatoms. The number of hydrogen-bond acceptors (Lipinski definition) is 4. The van der Waals surface area contributed by atoms with Gasteiger partial charge in [-0.05, 0) is 33.8 Å². The Labute approximate surface area is 111 Å². The molecule has 0 aliphatic rings. The van der Waals surface area contributed by atoms with Crippen molar-refractivity contribution in [3.63, 3.8) is 0 Å². The van der Waals surface area contributed by atoms with Crippen molar-refractivity contribution < 1.29 is 14.5 Å². The van der Waals surface area contributed by atoms with E-state index in [0.29, 0.717) is 5.75 Å². The van der Waals surface area contributed by atoms with Crippen molar-refractivity contribution in [2.75, 3.05) is 0 Å². The monoisotopic (exact) mass is 266 g/mol. The van der Waals surface area contributed by atoms with Gasteiger partial charge in [0.2, 0.25) is 0 Å². The average molecular weight is 266 g/mol. The van der Waals surface area contributed by atoms with Gasteiger partial charge in [0.1, 0.15) is 5.75 Å². The van der Waals surface area contributed by atoms with Crippen molar-refractivity contribution in [1.82, 2.24) is 5.32 Å².